The summed E-state index contributed by atoms with van der Waals surface area (Å²) in [4.78, 5) is 17.1. The van der Waals surface area contributed by atoms with E-state index in [4.69, 9.17) is 4.98 Å². The van der Waals surface area contributed by atoms with E-state index in [1.165, 1.54) is 17.8 Å². The van der Waals surface area contributed by atoms with E-state index in [0.29, 0.717) is 11.5 Å². The predicted molar refractivity (Wildman–Crippen MR) is 88.7 cm³/mol. The van der Waals surface area contributed by atoms with E-state index < -0.39 is 5.97 Å². The van der Waals surface area contributed by atoms with Crippen LogP contribution in [0.3, 0.4) is 0 Å². The third kappa shape index (κ3) is 2.20. The predicted octanol–water partition coefficient (Wildman–Crippen LogP) is 4.85. The lowest BCUT2D eigenvalue weighted by atomic mass is 10.0. The van der Waals surface area contributed by atoms with Crippen LogP contribution in [0.2, 0.25) is 0 Å². The molecule has 1 heterocycles. The van der Waals surface area contributed by atoms with E-state index in [-0.39, 0.29) is 0 Å². The Morgan fingerprint density at radius 1 is 1.27 bits per heavy atom. The van der Waals surface area contributed by atoms with Gasteiger partial charge in [0.25, 0.3) is 0 Å². The maximum atomic E-state index is 11.3. The van der Waals surface area contributed by atoms with Crippen molar-refractivity contribution in [2.75, 3.05) is 0 Å². The van der Waals surface area contributed by atoms with Crippen molar-refractivity contribution in [1.29, 1.82) is 0 Å². The maximum absolute atomic E-state index is 11.3. The van der Waals surface area contributed by atoms with Crippen LogP contribution < -0.4 is 0 Å². The van der Waals surface area contributed by atoms with Crippen LogP contribution in [0.15, 0.2) is 36.4 Å². The van der Waals surface area contributed by atoms with Crippen LogP contribution in [0.1, 0.15) is 39.8 Å². The Morgan fingerprint density at radius 2 is 2.09 bits per heavy atom. The van der Waals surface area contributed by atoms with E-state index in [2.05, 4.69) is 6.07 Å². The molecular weight excluding hydrogens is 294 g/mol. The molecule has 0 aliphatic heterocycles. The van der Waals surface area contributed by atoms with Crippen molar-refractivity contribution in [2.45, 2.75) is 25.7 Å². The van der Waals surface area contributed by atoms with E-state index in [1.54, 1.807) is 23.5 Å². The minimum Gasteiger partial charge on any atom is -0.478 e. The van der Waals surface area contributed by atoms with Crippen molar-refractivity contribution in [2.24, 2.45) is 0 Å². The summed E-state index contributed by atoms with van der Waals surface area (Å²) in [6.45, 7) is 2.04. The average molecular weight is 309 g/mol. The number of hydrogen-bond donors (Lipinski definition) is 1. The minimum atomic E-state index is -0.892. The number of rotatable bonds is 3. The zero-order valence-electron chi connectivity index (χ0n) is 12.2. The molecule has 0 atom stereocenters. The van der Waals surface area contributed by atoms with Crippen LogP contribution in [-0.2, 0) is 0 Å². The van der Waals surface area contributed by atoms with Gasteiger partial charge in [-0.15, -0.1) is 11.3 Å². The molecule has 0 unspecified atom stereocenters. The summed E-state index contributed by atoms with van der Waals surface area (Å²) in [7, 11) is 0. The van der Waals surface area contributed by atoms with Gasteiger partial charge >= 0.3 is 5.97 Å². The van der Waals surface area contributed by atoms with Gasteiger partial charge in [-0.25, -0.2) is 9.78 Å². The highest BCUT2D eigenvalue weighted by Crippen LogP contribution is 2.45. The van der Waals surface area contributed by atoms with E-state index >= 15 is 0 Å². The molecule has 1 N–H and O–H groups in total. The quantitative estimate of drug-likeness (QED) is 0.752. The number of carbonyl (C=O) groups is 1. The van der Waals surface area contributed by atoms with Gasteiger partial charge < -0.3 is 5.11 Å². The lowest BCUT2D eigenvalue weighted by Gasteiger charge is -2.06. The lowest BCUT2D eigenvalue weighted by Crippen LogP contribution is -1.95. The summed E-state index contributed by atoms with van der Waals surface area (Å²) in [5.74, 6) is -0.251. The zero-order chi connectivity index (χ0) is 15.3. The van der Waals surface area contributed by atoms with Gasteiger partial charge in [0.05, 0.1) is 21.1 Å². The second kappa shape index (κ2) is 4.92. The first kappa shape index (κ1) is 13.5. The highest BCUT2D eigenvalue weighted by Gasteiger charge is 2.28. The van der Waals surface area contributed by atoms with Crippen LogP contribution in [0.4, 0.5) is 0 Å². The molecule has 0 spiro atoms. The first-order valence-corrected chi connectivity index (χ1v) is 8.19. The molecule has 0 radical (unpaired) electrons. The number of thiazole rings is 1. The van der Waals surface area contributed by atoms with Crippen LogP contribution in [0.5, 0.6) is 0 Å². The van der Waals surface area contributed by atoms with Crippen molar-refractivity contribution in [3.8, 4) is 10.4 Å². The Bertz CT molecular complexity index is 893. The molecule has 1 aromatic heterocycles. The van der Waals surface area contributed by atoms with Crippen molar-refractivity contribution < 1.29 is 9.90 Å². The molecule has 4 rings (SSSR count). The molecule has 1 fully saturated rings. The molecule has 3 aromatic rings. The highest BCUT2D eigenvalue weighted by molar-refractivity contribution is 7.15. The molecule has 2 aromatic carbocycles. The Balaban J connectivity index is 1.93. The van der Waals surface area contributed by atoms with Crippen LogP contribution in [-0.4, -0.2) is 16.1 Å². The summed E-state index contributed by atoms with van der Waals surface area (Å²) in [5, 5.41) is 12.5. The standard InChI is InChI=1S/C18H15NO2S/c1-10-16(22-17(19-10)12-6-7-12)14-4-2-3-11-5-8-13(18(20)21)9-15(11)14/h2-5,8-9,12H,6-7H2,1H3,(H,20,21). The normalized spacial score (nSPS) is 14.4. The summed E-state index contributed by atoms with van der Waals surface area (Å²) < 4.78 is 0. The van der Waals surface area contributed by atoms with Crippen LogP contribution in [0, 0.1) is 6.92 Å². The fraction of sp³-hybridized carbons (Fsp3) is 0.222. The zero-order valence-corrected chi connectivity index (χ0v) is 13.0. The van der Waals surface area contributed by atoms with Crippen molar-refractivity contribution >= 4 is 28.1 Å². The fourth-order valence-electron chi connectivity index (χ4n) is 2.78. The number of benzene rings is 2. The molecule has 1 saturated carbocycles. The molecule has 22 heavy (non-hydrogen) atoms. The van der Waals surface area contributed by atoms with Gasteiger partial charge in [-0.3, -0.25) is 0 Å². The Labute approximate surface area is 132 Å². The van der Waals surface area contributed by atoms with Gasteiger partial charge in [0.1, 0.15) is 0 Å². The summed E-state index contributed by atoms with van der Waals surface area (Å²) >= 11 is 1.75. The van der Waals surface area contributed by atoms with Gasteiger partial charge in [-0.1, -0.05) is 24.3 Å². The third-order valence-electron chi connectivity index (χ3n) is 4.11. The second-order valence-corrected chi connectivity index (χ2v) is 6.82. The SMILES string of the molecule is Cc1nc(C2CC2)sc1-c1cccc2ccc(C(=O)O)cc12. The van der Waals surface area contributed by atoms with Crippen molar-refractivity contribution in [1.82, 2.24) is 4.98 Å². The monoisotopic (exact) mass is 309 g/mol. The van der Waals surface area contributed by atoms with Crippen LogP contribution in [0.25, 0.3) is 21.2 Å². The van der Waals surface area contributed by atoms with Gasteiger partial charge in [-0.05, 0) is 42.7 Å². The number of aromatic carboxylic acids is 1. The van der Waals surface area contributed by atoms with Gasteiger partial charge in [0.15, 0.2) is 0 Å². The number of hydrogen-bond acceptors (Lipinski definition) is 3. The average Bonchev–Trinajstić information content (AvgIpc) is 3.29. The first-order valence-electron chi connectivity index (χ1n) is 7.37. The molecule has 1 aliphatic carbocycles. The van der Waals surface area contributed by atoms with Crippen molar-refractivity contribution in [3.05, 3.63) is 52.7 Å². The summed E-state index contributed by atoms with van der Waals surface area (Å²) in [6, 6.07) is 11.4. The lowest BCUT2D eigenvalue weighted by molar-refractivity contribution is 0.0697. The molecule has 0 bridgehead atoms. The molecule has 110 valence electrons. The molecule has 1 aliphatic rings. The second-order valence-electron chi connectivity index (χ2n) is 5.79. The number of aromatic nitrogens is 1. The third-order valence-corrected chi connectivity index (χ3v) is 5.47. The topological polar surface area (TPSA) is 50.2 Å². The van der Waals surface area contributed by atoms with E-state index in [9.17, 15) is 9.90 Å². The molecular formula is C18H15NO2S. The smallest absolute Gasteiger partial charge is 0.335 e. The molecule has 0 saturated heterocycles. The fourth-order valence-corrected chi connectivity index (χ4v) is 4.05. The number of aryl methyl sites for hydroxylation is 1. The molecule has 3 nitrogen and oxygen atoms in total. The number of fused-ring (bicyclic) bond motifs is 1. The number of nitrogens with zero attached hydrogens (tertiary/aromatic N) is 1. The Morgan fingerprint density at radius 3 is 2.82 bits per heavy atom. The number of carboxylic acids is 1. The Hall–Kier alpha value is -2.20. The maximum Gasteiger partial charge on any atom is 0.335 e. The van der Waals surface area contributed by atoms with E-state index in [1.807, 2.05) is 25.1 Å². The molecule has 4 heteroatoms. The van der Waals surface area contributed by atoms with Gasteiger partial charge in [-0.2, -0.15) is 0 Å². The Kier molecular flexibility index (Phi) is 3.01. The molecule has 0 amide bonds. The van der Waals surface area contributed by atoms with Crippen molar-refractivity contribution in [3.63, 3.8) is 0 Å². The first-order chi connectivity index (χ1) is 10.6. The summed E-state index contributed by atoms with van der Waals surface area (Å²) in [5.41, 5.74) is 2.45. The summed E-state index contributed by atoms with van der Waals surface area (Å²) in [6.07, 6.45) is 2.48. The van der Waals surface area contributed by atoms with Gasteiger partial charge in [0.2, 0.25) is 0 Å². The van der Waals surface area contributed by atoms with E-state index in [0.717, 1.165) is 26.9 Å². The largest absolute Gasteiger partial charge is 0.478 e. The minimum absolute atomic E-state index is 0.324. The highest BCUT2D eigenvalue weighted by atomic mass is 32.1. The van der Waals surface area contributed by atoms with Gasteiger partial charge in [0, 0.05) is 11.5 Å². The van der Waals surface area contributed by atoms with Crippen LogP contribution >= 0.6 is 11.3 Å². The number of carboxylic acid groups (broad SMARTS) is 1.